The Hall–Kier alpha value is -4.01. The number of methoxy groups -OCH3 is 1. The Morgan fingerprint density at radius 3 is 2.80 bits per heavy atom. The standard InChI is InChI=1S/C21H18N4O5/c1-11-5-13-6-16(30-17(13)22-8-11)21(19(27)23-20(28)24-21)10-25-9-12-3-4-14(29-2)7-15(12)18(25)26/h3-9,26H,10H2,1-2H3,(H2,23,24,27,28)/t21-/m0/s1. The lowest BCUT2D eigenvalue weighted by atomic mass is 9.96. The lowest BCUT2D eigenvalue weighted by molar-refractivity contribution is -0.125. The molecule has 9 nitrogen and oxygen atoms in total. The zero-order valence-corrected chi connectivity index (χ0v) is 16.2. The van der Waals surface area contributed by atoms with Crippen molar-refractivity contribution < 1.29 is 23.8 Å². The van der Waals surface area contributed by atoms with Gasteiger partial charge < -0.3 is 24.1 Å². The van der Waals surface area contributed by atoms with E-state index in [9.17, 15) is 14.7 Å². The molecule has 4 aromatic rings. The summed E-state index contributed by atoms with van der Waals surface area (Å²) in [6.07, 6.45) is 3.36. The summed E-state index contributed by atoms with van der Waals surface area (Å²) in [6.45, 7) is 1.82. The quantitative estimate of drug-likeness (QED) is 0.448. The number of carbonyl (C=O) groups excluding carboxylic acids is 2. The lowest BCUT2D eigenvalue weighted by Crippen LogP contribution is -2.47. The molecule has 0 aliphatic carbocycles. The molecule has 4 heterocycles. The molecular formula is C21H18N4O5. The minimum atomic E-state index is -1.54. The van der Waals surface area contributed by atoms with Gasteiger partial charge in [0.15, 0.2) is 11.4 Å². The van der Waals surface area contributed by atoms with Crippen molar-refractivity contribution in [3.05, 3.63) is 54.0 Å². The first-order chi connectivity index (χ1) is 14.4. The molecular weight excluding hydrogens is 388 g/mol. The van der Waals surface area contributed by atoms with Gasteiger partial charge in [-0.25, -0.2) is 9.78 Å². The number of amides is 3. The van der Waals surface area contributed by atoms with Crippen LogP contribution in [0.1, 0.15) is 11.3 Å². The van der Waals surface area contributed by atoms with Crippen molar-refractivity contribution in [2.45, 2.75) is 19.0 Å². The minimum Gasteiger partial charge on any atom is -0.497 e. The first kappa shape index (κ1) is 18.0. The minimum absolute atomic E-state index is 0.0534. The number of benzene rings is 1. The maximum atomic E-state index is 12.9. The molecule has 30 heavy (non-hydrogen) atoms. The fourth-order valence-electron chi connectivity index (χ4n) is 3.84. The Labute approximate surface area is 170 Å². The van der Waals surface area contributed by atoms with E-state index in [-0.39, 0.29) is 18.2 Å². The molecule has 1 aliphatic heterocycles. The zero-order valence-electron chi connectivity index (χ0n) is 16.2. The van der Waals surface area contributed by atoms with Gasteiger partial charge in [-0.1, -0.05) is 0 Å². The molecule has 0 spiro atoms. The number of aromatic nitrogens is 2. The van der Waals surface area contributed by atoms with Crippen LogP contribution in [0, 0.1) is 6.92 Å². The number of hydrogen-bond acceptors (Lipinski definition) is 6. The van der Waals surface area contributed by atoms with Crippen LogP contribution in [0.5, 0.6) is 11.6 Å². The summed E-state index contributed by atoms with van der Waals surface area (Å²) < 4.78 is 12.6. The molecule has 0 unspecified atom stereocenters. The van der Waals surface area contributed by atoms with Gasteiger partial charge >= 0.3 is 6.03 Å². The molecule has 152 valence electrons. The van der Waals surface area contributed by atoms with Crippen molar-refractivity contribution >= 4 is 33.8 Å². The summed E-state index contributed by atoms with van der Waals surface area (Å²) in [4.78, 5) is 29.2. The third-order valence-electron chi connectivity index (χ3n) is 5.35. The Morgan fingerprint density at radius 1 is 1.23 bits per heavy atom. The van der Waals surface area contributed by atoms with Gasteiger partial charge in [-0.05, 0) is 42.8 Å². The number of ether oxygens (including phenoxy) is 1. The number of fused-ring (bicyclic) bond motifs is 2. The monoisotopic (exact) mass is 406 g/mol. The molecule has 1 fully saturated rings. The fourth-order valence-corrected chi connectivity index (χ4v) is 3.84. The van der Waals surface area contributed by atoms with Crippen molar-refractivity contribution in [1.29, 1.82) is 0 Å². The van der Waals surface area contributed by atoms with Gasteiger partial charge in [0.1, 0.15) is 11.5 Å². The number of furan rings is 1. The highest BCUT2D eigenvalue weighted by Gasteiger charge is 2.51. The Kier molecular flexibility index (Phi) is 3.76. The molecule has 0 radical (unpaired) electrons. The Bertz CT molecular complexity index is 1340. The van der Waals surface area contributed by atoms with Crippen LogP contribution in [0.3, 0.4) is 0 Å². The fraction of sp³-hybridized carbons (Fsp3) is 0.190. The van der Waals surface area contributed by atoms with E-state index in [2.05, 4.69) is 15.6 Å². The van der Waals surface area contributed by atoms with Crippen LogP contribution >= 0.6 is 0 Å². The maximum Gasteiger partial charge on any atom is 0.322 e. The number of imide groups is 1. The van der Waals surface area contributed by atoms with Crippen LogP contribution in [0.25, 0.3) is 21.9 Å². The van der Waals surface area contributed by atoms with Gasteiger partial charge in [0.05, 0.1) is 13.7 Å². The van der Waals surface area contributed by atoms with Crippen LogP contribution in [0.4, 0.5) is 4.79 Å². The summed E-state index contributed by atoms with van der Waals surface area (Å²) >= 11 is 0. The molecule has 1 aromatic carbocycles. The highest BCUT2D eigenvalue weighted by Crippen LogP contribution is 2.36. The number of nitrogens with one attached hydrogen (secondary N) is 2. The average Bonchev–Trinajstić information content (AvgIpc) is 3.36. The molecule has 1 saturated heterocycles. The molecule has 0 saturated carbocycles. The predicted molar refractivity (Wildman–Crippen MR) is 107 cm³/mol. The van der Waals surface area contributed by atoms with Gasteiger partial charge in [0.2, 0.25) is 5.71 Å². The van der Waals surface area contributed by atoms with Crippen molar-refractivity contribution in [2.24, 2.45) is 0 Å². The number of hydrogen-bond donors (Lipinski definition) is 3. The second-order valence-corrected chi connectivity index (χ2v) is 7.37. The predicted octanol–water partition coefficient (Wildman–Crippen LogP) is 2.54. The van der Waals surface area contributed by atoms with E-state index in [1.165, 1.54) is 4.57 Å². The van der Waals surface area contributed by atoms with E-state index in [1.807, 2.05) is 13.0 Å². The second-order valence-electron chi connectivity index (χ2n) is 7.37. The summed E-state index contributed by atoms with van der Waals surface area (Å²) in [5.41, 5.74) is -0.245. The molecule has 3 aromatic heterocycles. The largest absolute Gasteiger partial charge is 0.497 e. The SMILES string of the molecule is COc1ccc2cn(C[C@@]3(c4cc5cc(C)cnc5o4)NC(=O)NC3=O)c(O)c2c1. The van der Waals surface area contributed by atoms with E-state index < -0.39 is 17.5 Å². The van der Waals surface area contributed by atoms with Crippen LogP contribution in [-0.2, 0) is 16.9 Å². The van der Waals surface area contributed by atoms with Crippen molar-refractivity contribution in [2.75, 3.05) is 7.11 Å². The Balaban J connectivity index is 1.65. The van der Waals surface area contributed by atoms with Crippen molar-refractivity contribution in [3.63, 3.8) is 0 Å². The molecule has 3 amide bonds. The van der Waals surface area contributed by atoms with Crippen LogP contribution < -0.4 is 15.4 Å². The maximum absolute atomic E-state index is 12.9. The first-order valence-corrected chi connectivity index (χ1v) is 9.26. The summed E-state index contributed by atoms with van der Waals surface area (Å²) in [7, 11) is 1.54. The highest BCUT2D eigenvalue weighted by atomic mass is 16.5. The molecule has 1 atom stereocenters. The number of rotatable bonds is 4. The third-order valence-corrected chi connectivity index (χ3v) is 5.35. The summed E-state index contributed by atoms with van der Waals surface area (Å²) in [5.74, 6) is 0.199. The van der Waals surface area contributed by atoms with E-state index >= 15 is 0 Å². The average molecular weight is 406 g/mol. The van der Waals surface area contributed by atoms with Gasteiger partial charge in [-0.2, -0.15) is 0 Å². The summed E-state index contributed by atoms with van der Waals surface area (Å²) in [6, 6.07) is 8.21. The van der Waals surface area contributed by atoms with Crippen LogP contribution in [0.15, 0.2) is 47.1 Å². The van der Waals surface area contributed by atoms with Gasteiger partial charge in [0.25, 0.3) is 5.91 Å². The molecule has 0 bridgehead atoms. The zero-order chi connectivity index (χ0) is 21.0. The van der Waals surface area contributed by atoms with Crippen LogP contribution in [0.2, 0.25) is 0 Å². The van der Waals surface area contributed by atoms with Crippen LogP contribution in [-0.4, -0.2) is 33.7 Å². The van der Waals surface area contributed by atoms with E-state index in [4.69, 9.17) is 9.15 Å². The van der Waals surface area contributed by atoms with Crippen molar-refractivity contribution in [3.8, 4) is 11.6 Å². The van der Waals surface area contributed by atoms with Gasteiger partial charge in [-0.3, -0.25) is 10.1 Å². The smallest absolute Gasteiger partial charge is 0.322 e. The van der Waals surface area contributed by atoms with E-state index in [1.54, 1.807) is 43.8 Å². The number of aromatic hydroxyl groups is 1. The molecule has 1 aliphatic rings. The molecule has 9 heteroatoms. The van der Waals surface area contributed by atoms with Gasteiger partial charge in [-0.15, -0.1) is 0 Å². The normalized spacial score (nSPS) is 18.7. The number of urea groups is 1. The number of carbonyl (C=O) groups is 2. The first-order valence-electron chi connectivity index (χ1n) is 9.26. The number of nitrogens with zero attached hydrogens (tertiary/aromatic N) is 2. The van der Waals surface area contributed by atoms with E-state index in [0.717, 1.165) is 10.9 Å². The second kappa shape index (κ2) is 6.24. The lowest BCUT2D eigenvalue weighted by Gasteiger charge is -2.24. The topological polar surface area (TPSA) is 119 Å². The Morgan fingerprint density at radius 2 is 2.07 bits per heavy atom. The number of aryl methyl sites for hydroxylation is 1. The summed E-state index contributed by atoms with van der Waals surface area (Å²) in [5, 5.41) is 17.8. The van der Waals surface area contributed by atoms with E-state index in [0.29, 0.717) is 22.2 Å². The molecule has 5 rings (SSSR count). The van der Waals surface area contributed by atoms with Gasteiger partial charge in [0, 0.05) is 28.6 Å². The molecule has 3 N–H and O–H groups in total. The third kappa shape index (κ3) is 2.59. The van der Waals surface area contributed by atoms with Crippen molar-refractivity contribution in [1.82, 2.24) is 20.2 Å². The highest BCUT2D eigenvalue weighted by molar-refractivity contribution is 6.07. The number of pyridine rings is 1.